The van der Waals surface area contributed by atoms with E-state index in [1.807, 2.05) is 0 Å². The maximum Gasteiger partial charge on any atom is 0.138 e. The van der Waals surface area contributed by atoms with E-state index in [-0.39, 0.29) is 0 Å². The molecule has 0 bridgehead atoms. The summed E-state index contributed by atoms with van der Waals surface area (Å²) in [5, 5.41) is 9.69. The number of allylic oxidation sites excluding steroid dienone is 1. The molecule has 0 fully saturated rings. The van der Waals surface area contributed by atoms with Crippen LogP contribution in [0.5, 0.6) is 0 Å². The first-order chi connectivity index (χ1) is 9.45. The standard InChI is InChI=1S/C13H10.C3H3N3/c1-4-10-6-2-8-12-9-3-7-11(5-1)13(10)12;1-2-5-6-3-4-1/h1-8H,9H2;1-3H. The van der Waals surface area contributed by atoms with Gasteiger partial charge in [0.1, 0.15) is 6.33 Å². The van der Waals surface area contributed by atoms with Crippen molar-refractivity contribution in [2.45, 2.75) is 6.42 Å². The van der Waals surface area contributed by atoms with Crippen LogP contribution in [0, 0.1) is 0 Å². The maximum atomic E-state index is 3.61. The molecule has 0 spiro atoms. The molecular weight excluding hydrogens is 234 g/mol. The van der Waals surface area contributed by atoms with Gasteiger partial charge in [-0.1, -0.05) is 48.6 Å². The van der Waals surface area contributed by atoms with Gasteiger partial charge in [-0.3, -0.25) is 0 Å². The van der Waals surface area contributed by atoms with Crippen LogP contribution in [0.25, 0.3) is 16.8 Å². The third kappa shape index (κ3) is 2.50. The fraction of sp³-hybridized carbons (Fsp3) is 0.0625. The van der Waals surface area contributed by atoms with Gasteiger partial charge in [0, 0.05) is 6.20 Å². The average Bonchev–Trinajstić information content (AvgIpc) is 2.51. The van der Waals surface area contributed by atoms with Crippen molar-refractivity contribution in [2.75, 3.05) is 0 Å². The fourth-order valence-corrected chi connectivity index (χ4v) is 2.28. The van der Waals surface area contributed by atoms with Gasteiger partial charge in [0.05, 0.1) is 6.20 Å². The second-order valence-corrected chi connectivity index (χ2v) is 4.26. The monoisotopic (exact) mass is 247 g/mol. The Bertz CT molecular complexity index is 674. The van der Waals surface area contributed by atoms with Crippen molar-refractivity contribution in [3.63, 3.8) is 0 Å². The summed E-state index contributed by atoms with van der Waals surface area (Å²) in [5.41, 5.74) is 2.81. The lowest BCUT2D eigenvalue weighted by Gasteiger charge is -2.11. The summed E-state index contributed by atoms with van der Waals surface area (Å²) in [4.78, 5) is 3.61. The molecule has 0 saturated heterocycles. The molecule has 1 aromatic heterocycles. The van der Waals surface area contributed by atoms with Crippen LogP contribution in [0.15, 0.2) is 61.2 Å². The quantitative estimate of drug-likeness (QED) is 0.612. The Kier molecular flexibility index (Phi) is 3.28. The molecule has 0 saturated carbocycles. The molecule has 2 aromatic carbocycles. The predicted molar refractivity (Wildman–Crippen MR) is 76.5 cm³/mol. The molecule has 3 aromatic rings. The number of rotatable bonds is 0. The SMILES string of the molecule is C1=Cc2cccc3cccc(c23)C1.c1cnncn1. The van der Waals surface area contributed by atoms with Crippen molar-refractivity contribution in [1.82, 2.24) is 15.2 Å². The molecule has 1 aliphatic rings. The molecule has 0 N–H and O–H groups in total. The third-order valence-electron chi connectivity index (χ3n) is 3.06. The van der Waals surface area contributed by atoms with E-state index >= 15 is 0 Å². The van der Waals surface area contributed by atoms with Gasteiger partial charge in [-0.25, -0.2) is 4.98 Å². The van der Waals surface area contributed by atoms with Crippen LogP contribution in [0.4, 0.5) is 0 Å². The lowest BCUT2D eigenvalue weighted by molar-refractivity contribution is 0.969. The van der Waals surface area contributed by atoms with E-state index in [1.165, 1.54) is 34.4 Å². The summed E-state index contributed by atoms with van der Waals surface area (Å²) in [7, 11) is 0. The van der Waals surface area contributed by atoms with Crippen molar-refractivity contribution < 1.29 is 0 Å². The minimum Gasteiger partial charge on any atom is -0.241 e. The van der Waals surface area contributed by atoms with E-state index in [0.717, 1.165) is 6.42 Å². The molecule has 0 radical (unpaired) electrons. The third-order valence-corrected chi connectivity index (χ3v) is 3.06. The van der Waals surface area contributed by atoms with Crippen LogP contribution in [-0.4, -0.2) is 15.2 Å². The number of hydrogen-bond donors (Lipinski definition) is 0. The van der Waals surface area contributed by atoms with Gasteiger partial charge in [0.2, 0.25) is 0 Å². The van der Waals surface area contributed by atoms with E-state index in [2.05, 4.69) is 63.7 Å². The number of nitrogens with zero attached hydrogens (tertiary/aromatic N) is 3. The van der Waals surface area contributed by atoms with E-state index in [0.29, 0.717) is 0 Å². The van der Waals surface area contributed by atoms with Crippen LogP contribution in [0.2, 0.25) is 0 Å². The summed E-state index contributed by atoms with van der Waals surface area (Å²) < 4.78 is 0. The van der Waals surface area contributed by atoms with Crippen LogP contribution >= 0.6 is 0 Å². The minimum absolute atomic E-state index is 1.08. The van der Waals surface area contributed by atoms with E-state index in [9.17, 15) is 0 Å². The Labute approximate surface area is 111 Å². The molecule has 0 unspecified atom stereocenters. The smallest absolute Gasteiger partial charge is 0.138 e. The zero-order chi connectivity index (χ0) is 12.9. The number of hydrogen-bond acceptors (Lipinski definition) is 3. The van der Waals surface area contributed by atoms with Gasteiger partial charge in [-0.2, -0.15) is 5.10 Å². The summed E-state index contributed by atoms with van der Waals surface area (Å²) in [6, 6.07) is 13.0. The van der Waals surface area contributed by atoms with Gasteiger partial charge in [0.15, 0.2) is 0 Å². The molecule has 0 amide bonds. The highest BCUT2D eigenvalue weighted by Crippen LogP contribution is 2.27. The first kappa shape index (κ1) is 11.5. The van der Waals surface area contributed by atoms with Crippen LogP contribution in [0.1, 0.15) is 11.1 Å². The first-order valence-corrected chi connectivity index (χ1v) is 6.19. The van der Waals surface area contributed by atoms with Crippen molar-refractivity contribution in [3.8, 4) is 0 Å². The van der Waals surface area contributed by atoms with E-state index < -0.39 is 0 Å². The largest absolute Gasteiger partial charge is 0.241 e. The van der Waals surface area contributed by atoms with E-state index in [1.54, 1.807) is 6.20 Å². The van der Waals surface area contributed by atoms with Crippen LogP contribution in [-0.2, 0) is 6.42 Å². The zero-order valence-corrected chi connectivity index (χ0v) is 10.4. The molecule has 19 heavy (non-hydrogen) atoms. The molecule has 0 atom stereocenters. The fourth-order valence-electron chi connectivity index (χ4n) is 2.28. The minimum atomic E-state index is 1.08. The lowest BCUT2D eigenvalue weighted by Crippen LogP contribution is -1.91. The Morgan fingerprint density at radius 2 is 1.79 bits per heavy atom. The van der Waals surface area contributed by atoms with Gasteiger partial charge < -0.3 is 0 Å². The molecule has 1 heterocycles. The first-order valence-electron chi connectivity index (χ1n) is 6.19. The van der Waals surface area contributed by atoms with Crippen LogP contribution in [0.3, 0.4) is 0 Å². The highest BCUT2D eigenvalue weighted by molar-refractivity contribution is 5.94. The van der Waals surface area contributed by atoms with Crippen molar-refractivity contribution in [1.29, 1.82) is 0 Å². The maximum absolute atomic E-state index is 3.61. The molecule has 3 nitrogen and oxygen atoms in total. The van der Waals surface area contributed by atoms with Crippen molar-refractivity contribution in [3.05, 3.63) is 72.3 Å². The molecular formula is C16H13N3. The summed E-state index contributed by atoms with van der Waals surface area (Å²) in [6.07, 6.45) is 10.0. The Morgan fingerprint density at radius 1 is 0.895 bits per heavy atom. The molecule has 4 rings (SSSR count). The lowest BCUT2D eigenvalue weighted by atomic mass is 9.93. The topological polar surface area (TPSA) is 38.7 Å². The predicted octanol–water partition coefficient (Wildman–Crippen LogP) is 3.28. The zero-order valence-electron chi connectivity index (χ0n) is 10.4. The molecule has 0 aliphatic heterocycles. The summed E-state index contributed by atoms with van der Waals surface area (Å²) >= 11 is 0. The summed E-state index contributed by atoms with van der Waals surface area (Å²) in [5.74, 6) is 0. The van der Waals surface area contributed by atoms with E-state index in [4.69, 9.17) is 0 Å². The van der Waals surface area contributed by atoms with Crippen LogP contribution < -0.4 is 0 Å². The molecule has 92 valence electrons. The second-order valence-electron chi connectivity index (χ2n) is 4.26. The van der Waals surface area contributed by atoms with Gasteiger partial charge >= 0.3 is 0 Å². The molecule has 3 heteroatoms. The van der Waals surface area contributed by atoms with Gasteiger partial charge in [-0.15, -0.1) is 5.10 Å². The van der Waals surface area contributed by atoms with Crippen molar-refractivity contribution in [2.24, 2.45) is 0 Å². The normalized spacial score (nSPS) is 11.8. The molecule has 1 aliphatic carbocycles. The van der Waals surface area contributed by atoms with Crippen molar-refractivity contribution >= 4 is 16.8 Å². The summed E-state index contributed by atoms with van der Waals surface area (Å²) in [6.45, 7) is 0. The highest BCUT2D eigenvalue weighted by Gasteiger charge is 2.06. The second kappa shape index (κ2) is 5.40. The Morgan fingerprint density at radius 3 is 2.47 bits per heavy atom. The highest BCUT2D eigenvalue weighted by atomic mass is 15.1. The van der Waals surface area contributed by atoms with Gasteiger partial charge in [-0.05, 0) is 28.3 Å². The average molecular weight is 247 g/mol. The number of aromatic nitrogens is 3. The number of benzene rings is 2. The Balaban J connectivity index is 0.000000155. The Hall–Kier alpha value is -2.55. The van der Waals surface area contributed by atoms with Gasteiger partial charge in [0.25, 0.3) is 0 Å².